The van der Waals surface area contributed by atoms with E-state index >= 15 is 0 Å². The number of nitrogens with one attached hydrogen (secondary N) is 2. The number of rotatable bonds is 4. The lowest BCUT2D eigenvalue weighted by atomic mass is 10.2. The predicted molar refractivity (Wildman–Crippen MR) is 68.2 cm³/mol. The van der Waals surface area contributed by atoms with Gasteiger partial charge in [-0.2, -0.15) is 0 Å². The van der Waals surface area contributed by atoms with Crippen molar-refractivity contribution in [2.75, 3.05) is 19.8 Å². The topological polar surface area (TPSA) is 101 Å². The molecule has 2 rings (SSSR count). The summed E-state index contributed by atoms with van der Waals surface area (Å²) in [4.78, 5) is 26.6. The van der Waals surface area contributed by atoms with E-state index < -0.39 is 5.97 Å². The minimum atomic E-state index is -1.07. The fraction of sp³-hybridized carbons (Fsp3) is 0.545. The normalized spacial score (nSPS) is 20.8. The Balaban J connectivity index is 1.93. The molecule has 3 N–H and O–H groups in total. The van der Waals surface area contributed by atoms with Crippen molar-refractivity contribution < 1.29 is 19.4 Å². The van der Waals surface area contributed by atoms with E-state index in [1.54, 1.807) is 6.92 Å². The van der Waals surface area contributed by atoms with Gasteiger partial charge >= 0.3 is 5.97 Å². The summed E-state index contributed by atoms with van der Waals surface area (Å²) in [5, 5.41) is 16.7. The molecule has 0 radical (unpaired) electrons. The molecule has 0 aromatic carbocycles. The third-order valence-electron chi connectivity index (χ3n) is 2.71. The zero-order valence-corrected chi connectivity index (χ0v) is 11.2. The van der Waals surface area contributed by atoms with Crippen LogP contribution in [0.25, 0.3) is 0 Å². The highest BCUT2D eigenvalue weighted by atomic mass is 32.1. The summed E-state index contributed by atoms with van der Waals surface area (Å²) in [7, 11) is 0. The maximum atomic E-state index is 11.9. The van der Waals surface area contributed by atoms with Crippen molar-refractivity contribution in [1.82, 2.24) is 15.6 Å². The third kappa shape index (κ3) is 3.49. The van der Waals surface area contributed by atoms with Gasteiger partial charge in [0.2, 0.25) is 5.91 Å². The molecule has 0 spiro atoms. The van der Waals surface area contributed by atoms with Crippen LogP contribution in [-0.2, 0) is 9.53 Å². The highest BCUT2D eigenvalue weighted by molar-refractivity contribution is 7.09. The quantitative estimate of drug-likeness (QED) is 0.720. The van der Waals surface area contributed by atoms with Crippen LogP contribution in [0.5, 0.6) is 0 Å². The van der Waals surface area contributed by atoms with Gasteiger partial charge in [-0.3, -0.25) is 4.79 Å². The van der Waals surface area contributed by atoms with Crippen molar-refractivity contribution in [1.29, 1.82) is 0 Å². The predicted octanol–water partition coefficient (Wildman–Crippen LogP) is 0.00690. The van der Waals surface area contributed by atoms with Gasteiger partial charge in [0.05, 0.1) is 19.3 Å². The van der Waals surface area contributed by atoms with Crippen LogP contribution in [0.3, 0.4) is 0 Å². The summed E-state index contributed by atoms with van der Waals surface area (Å²) >= 11 is 1.22. The molecule has 1 aliphatic heterocycles. The number of carboxylic acid groups (broad SMARTS) is 1. The van der Waals surface area contributed by atoms with Crippen LogP contribution in [0.1, 0.15) is 28.5 Å². The van der Waals surface area contributed by atoms with E-state index in [2.05, 4.69) is 15.6 Å². The zero-order chi connectivity index (χ0) is 13.8. The number of carboxylic acids is 1. The Hall–Kier alpha value is -1.51. The molecule has 2 heterocycles. The van der Waals surface area contributed by atoms with Gasteiger partial charge in [0.1, 0.15) is 11.0 Å². The Morgan fingerprint density at radius 2 is 2.47 bits per heavy atom. The smallest absolute Gasteiger partial charge is 0.355 e. The largest absolute Gasteiger partial charge is 0.476 e. The second kappa shape index (κ2) is 6.09. The van der Waals surface area contributed by atoms with Gasteiger partial charge in [0.15, 0.2) is 5.69 Å². The van der Waals surface area contributed by atoms with Gasteiger partial charge in [-0.05, 0) is 6.92 Å². The molecule has 1 aliphatic rings. The van der Waals surface area contributed by atoms with Gasteiger partial charge in [-0.15, -0.1) is 11.3 Å². The number of nitrogens with zero attached hydrogens (tertiary/aromatic N) is 1. The van der Waals surface area contributed by atoms with Crippen LogP contribution in [0.4, 0.5) is 0 Å². The Morgan fingerprint density at radius 1 is 1.68 bits per heavy atom. The van der Waals surface area contributed by atoms with Crippen LogP contribution >= 0.6 is 11.3 Å². The second-order valence-electron chi connectivity index (χ2n) is 4.19. The van der Waals surface area contributed by atoms with Gasteiger partial charge in [-0.25, -0.2) is 9.78 Å². The number of aromatic carboxylic acids is 1. The molecule has 104 valence electrons. The van der Waals surface area contributed by atoms with Gasteiger partial charge in [0.25, 0.3) is 0 Å². The number of thiazole rings is 1. The minimum absolute atomic E-state index is 0.000207. The van der Waals surface area contributed by atoms with E-state index in [4.69, 9.17) is 9.84 Å². The lowest BCUT2D eigenvalue weighted by Gasteiger charge is -2.24. The molecule has 7 nitrogen and oxygen atoms in total. The van der Waals surface area contributed by atoms with E-state index in [0.29, 0.717) is 24.8 Å². The van der Waals surface area contributed by atoms with Crippen LogP contribution < -0.4 is 10.6 Å². The molecule has 8 heteroatoms. The van der Waals surface area contributed by atoms with Crippen molar-refractivity contribution in [2.24, 2.45) is 0 Å². The van der Waals surface area contributed by atoms with Crippen LogP contribution in [0, 0.1) is 0 Å². The summed E-state index contributed by atoms with van der Waals surface area (Å²) in [6, 6.07) is -0.690. The van der Waals surface area contributed by atoms with E-state index in [1.165, 1.54) is 16.7 Å². The van der Waals surface area contributed by atoms with Gasteiger partial charge in [-0.1, -0.05) is 0 Å². The average Bonchev–Trinajstić information content (AvgIpc) is 2.89. The second-order valence-corrected chi connectivity index (χ2v) is 5.08. The summed E-state index contributed by atoms with van der Waals surface area (Å²) < 4.78 is 5.21. The molecule has 0 saturated carbocycles. The Bertz CT molecular complexity index is 470. The first-order valence-corrected chi connectivity index (χ1v) is 6.76. The van der Waals surface area contributed by atoms with E-state index in [9.17, 15) is 9.59 Å². The molecular weight excluding hydrogens is 270 g/mol. The Labute approximate surface area is 114 Å². The van der Waals surface area contributed by atoms with Crippen LogP contribution in [-0.4, -0.2) is 47.8 Å². The number of carbonyl (C=O) groups excluding carboxylic acids is 1. The Morgan fingerprint density at radius 3 is 3.05 bits per heavy atom. The first kappa shape index (κ1) is 13.9. The number of hydrogen-bond acceptors (Lipinski definition) is 6. The lowest BCUT2D eigenvalue weighted by Crippen LogP contribution is -2.51. The number of ether oxygens (including phenoxy) is 1. The molecule has 19 heavy (non-hydrogen) atoms. The van der Waals surface area contributed by atoms with Crippen molar-refractivity contribution in [3.8, 4) is 0 Å². The number of aromatic nitrogens is 1. The van der Waals surface area contributed by atoms with Gasteiger partial charge < -0.3 is 20.5 Å². The monoisotopic (exact) mass is 285 g/mol. The first-order valence-electron chi connectivity index (χ1n) is 5.88. The molecular formula is C11H15N3O4S. The number of morpholine rings is 1. The highest BCUT2D eigenvalue weighted by Gasteiger charge is 2.24. The average molecular weight is 285 g/mol. The first-order chi connectivity index (χ1) is 9.08. The molecule has 0 bridgehead atoms. The summed E-state index contributed by atoms with van der Waals surface area (Å²) in [6.45, 7) is 3.36. The molecule has 1 aromatic heterocycles. The number of carbonyl (C=O) groups is 2. The number of hydrogen-bond donors (Lipinski definition) is 3. The van der Waals surface area contributed by atoms with Gasteiger partial charge in [0, 0.05) is 11.9 Å². The van der Waals surface area contributed by atoms with Crippen molar-refractivity contribution in [3.63, 3.8) is 0 Å². The molecule has 2 atom stereocenters. The molecule has 1 aromatic rings. The van der Waals surface area contributed by atoms with E-state index in [1.807, 2.05) is 0 Å². The minimum Gasteiger partial charge on any atom is -0.476 e. The maximum absolute atomic E-state index is 11.9. The van der Waals surface area contributed by atoms with Crippen molar-refractivity contribution in [3.05, 3.63) is 16.1 Å². The molecule has 1 saturated heterocycles. The van der Waals surface area contributed by atoms with E-state index in [-0.39, 0.29) is 23.7 Å². The number of amides is 1. The standard InChI is InChI=1S/C11H15N3O4S/c1-6(10-14-8(5-19-10)11(16)17)13-9(15)7-4-18-3-2-12-7/h5-7,12H,2-4H2,1H3,(H,13,15)(H,16,17). The molecule has 0 aliphatic carbocycles. The fourth-order valence-corrected chi connectivity index (χ4v) is 2.49. The SMILES string of the molecule is CC(NC(=O)C1COCCN1)c1nc(C(=O)O)cs1. The highest BCUT2D eigenvalue weighted by Crippen LogP contribution is 2.18. The van der Waals surface area contributed by atoms with Crippen molar-refractivity contribution in [2.45, 2.75) is 19.0 Å². The van der Waals surface area contributed by atoms with Crippen LogP contribution in [0.15, 0.2) is 5.38 Å². The van der Waals surface area contributed by atoms with Crippen molar-refractivity contribution >= 4 is 23.2 Å². The zero-order valence-electron chi connectivity index (χ0n) is 10.4. The lowest BCUT2D eigenvalue weighted by molar-refractivity contribution is -0.126. The van der Waals surface area contributed by atoms with Crippen LogP contribution in [0.2, 0.25) is 0 Å². The Kier molecular flexibility index (Phi) is 4.46. The molecule has 1 fully saturated rings. The fourth-order valence-electron chi connectivity index (χ4n) is 1.69. The maximum Gasteiger partial charge on any atom is 0.355 e. The van der Waals surface area contributed by atoms with E-state index in [0.717, 1.165) is 0 Å². The summed E-state index contributed by atoms with van der Waals surface area (Å²) in [6.07, 6.45) is 0. The summed E-state index contributed by atoms with van der Waals surface area (Å²) in [5.74, 6) is -1.23. The summed E-state index contributed by atoms with van der Waals surface area (Å²) in [5.41, 5.74) is 0.000207. The molecule has 2 unspecified atom stereocenters. The molecule has 1 amide bonds. The third-order valence-corrected chi connectivity index (χ3v) is 3.74.